The lowest BCUT2D eigenvalue weighted by Gasteiger charge is -2.43. The number of pyridine rings is 1. The Bertz CT molecular complexity index is 1180. The predicted molar refractivity (Wildman–Crippen MR) is 124 cm³/mol. The average Bonchev–Trinajstić information content (AvgIpc) is 3.19. The molecular weight excluding hydrogens is 487 g/mol. The second kappa shape index (κ2) is 9.52. The molecule has 1 N–H and O–H groups in total. The maximum atomic E-state index is 14.6. The van der Waals surface area contributed by atoms with Gasteiger partial charge in [-0.2, -0.15) is 13.2 Å². The summed E-state index contributed by atoms with van der Waals surface area (Å²) in [4.78, 5) is 23.5. The van der Waals surface area contributed by atoms with Crippen molar-refractivity contribution in [2.75, 3.05) is 18.4 Å². The van der Waals surface area contributed by atoms with Gasteiger partial charge in [-0.1, -0.05) is 37.3 Å². The van der Waals surface area contributed by atoms with Crippen LogP contribution in [0.2, 0.25) is 0 Å². The molecule has 2 atom stereocenters. The minimum Gasteiger partial charge on any atom is -0.368 e. The molecule has 1 saturated heterocycles. The Morgan fingerprint density at radius 2 is 1.91 bits per heavy atom. The minimum absolute atomic E-state index is 0.0468. The Labute approximate surface area is 203 Å². The number of benzene rings is 1. The number of likely N-dealkylation sites (tertiary alicyclic amines) is 1. The Hall–Kier alpha value is -3.08. The number of hydrogen-bond donors (Lipinski definition) is 1. The smallest absolute Gasteiger partial charge is 0.368 e. The molecule has 0 aliphatic carbocycles. The van der Waals surface area contributed by atoms with Crippen LogP contribution < -0.4 is 5.32 Å². The normalized spacial score (nSPS) is 20.0. The lowest BCUT2D eigenvalue weighted by atomic mass is 9.88. The third-order valence-electron chi connectivity index (χ3n) is 5.90. The van der Waals surface area contributed by atoms with E-state index < -0.39 is 48.5 Å². The van der Waals surface area contributed by atoms with E-state index >= 15 is 0 Å². The van der Waals surface area contributed by atoms with Gasteiger partial charge in [0.1, 0.15) is 11.5 Å². The number of carbonyl (C=O) groups is 1. The summed E-state index contributed by atoms with van der Waals surface area (Å²) in [5.74, 6) is -4.10. The number of hydrogen-bond acceptors (Lipinski definition) is 5. The second-order valence-electron chi connectivity index (χ2n) is 8.63. The third kappa shape index (κ3) is 5.61. The highest BCUT2D eigenvalue weighted by atomic mass is 32.1. The fraction of sp³-hybridized carbons (Fsp3) is 0.375. The highest BCUT2D eigenvalue weighted by molar-refractivity contribution is 7.15. The summed E-state index contributed by atoms with van der Waals surface area (Å²) in [5.41, 5.74) is -0.0129. The number of nitrogens with zero attached hydrogens (tertiary/aromatic N) is 3. The van der Waals surface area contributed by atoms with Gasteiger partial charge in [0.15, 0.2) is 0 Å². The van der Waals surface area contributed by atoms with Crippen LogP contribution in [0, 0.1) is 12.8 Å². The van der Waals surface area contributed by atoms with Gasteiger partial charge in [0.05, 0.1) is 28.0 Å². The van der Waals surface area contributed by atoms with Crippen LogP contribution in [0.5, 0.6) is 0 Å². The monoisotopic (exact) mass is 510 g/mol. The summed E-state index contributed by atoms with van der Waals surface area (Å²) in [6.45, 7) is 2.65. The number of amides is 1. The number of aromatic nitrogens is 2. The topological polar surface area (TPSA) is 58.1 Å². The first-order chi connectivity index (χ1) is 16.4. The molecule has 11 heteroatoms. The molecule has 35 heavy (non-hydrogen) atoms. The van der Waals surface area contributed by atoms with Crippen molar-refractivity contribution < 1.29 is 26.7 Å². The molecule has 1 unspecified atom stereocenters. The number of carbonyl (C=O) groups excluding carboxylic acids is 1. The van der Waals surface area contributed by atoms with E-state index in [2.05, 4.69) is 15.3 Å². The molecule has 186 valence electrons. The van der Waals surface area contributed by atoms with E-state index in [0.717, 1.165) is 16.5 Å². The van der Waals surface area contributed by atoms with Gasteiger partial charge < -0.3 is 10.2 Å². The number of aryl methyl sites for hydroxylation is 1. The number of piperidine rings is 1. The van der Waals surface area contributed by atoms with Gasteiger partial charge in [-0.25, -0.2) is 18.7 Å². The molecule has 4 rings (SSSR count). The van der Waals surface area contributed by atoms with Crippen LogP contribution in [0.3, 0.4) is 0 Å². The highest BCUT2D eigenvalue weighted by Crippen LogP contribution is 2.37. The zero-order valence-corrected chi connectivity index (χ0v) is 19.8. The molecule has 1 aliphatic heterocycles. The molecule has 3 heterocycles. The lowest BCUT2D eigenvalue weighted by Crippen LogP contribution is -2.57. The molecular formula is C24H23F5N4OS. The molecule has 5 nitrogen and oxygen atoms in total. The number of thiazole rings is 1. The molecule has 1 amide bonds. The first-order valence-corrected chi connectivity index (χ1v) is 11.7. The van der Waals surface area contributed by atoms with Crippen LogP contribution >= 0.6 is 11.3 Å². The molecule has 1 aliphatic rings. The maximum absolute atomic E-state index is 14.6. The summed E-state index contributed by atoms with van der Waals surface area (Å²) in [7, 11) is 0. The standard InChI is InChI=1S/C24H23F5N4OS/c1-14-10-23(25,26)13-33(18(14)12-31-19-9-8-17(11-30-19)24(27,28)29)22(34)20-21(35-15(2)32-20)16-6-4-3-5-7-16/h3-9,11,14,18H,10,12-13H2,1-2H3,(H,30,31)/t14-,18?/m1/s1. The van der Waals surface area contributed by atoms with Gasteiger partial charge in [-0.15, -0.1) is 11.3 Å². The van der Waals surface area contributed by atoms with Crippen LogP contribution in [0.15, 0.2) is 48.7 Å². The molecule has 2 aromatic heterocycles. The Balaban J connectivity index is 1.60. The van der Waals surface area contributed by atoms with E-state index in [-0.39, 0.29) is 18.1 Å². The highest BCUT2D eigenvalue weighted by Gasteiger charge is 2.46. The van der Waals surface area contributed by atoms with Gasteiger partial charge in [0.25, 0.3) is 11.8 Å². The first-order valence-electron chi connectivity index (χ1n) is 10.9. The number of nitrogens with one attached hydrogen (secondary N) is 1. The van der Waals surface area contributed by atoms with Crippen LogP contribution in [-0.2, 0) is 6.18 Å². The van der Waals surface area contributed by atoms with Gasteiger partial charge in [0, 0.05) is 19.2 Å². The Morgan fingerprint density at radius 1 is 1.20 bits per heavy atom. The Morgan fingerprint density at radius 3 is 2.54 bits per heavy atom. The average molecular weight is 511 g/mol. The summed E-state index contributed by atoms with van der Waals surface area (Å²) >= 11 is 1.31. The van der Waals surface area contributed by atoms with Crippen molar-refractivity contribution in [3.63, 3.8) is 0 Å². The van der Waals surface area contributed by atoms with E-state index in [1.54, 1.807) is 13.8 Å². The third-order valence-corrected chi connectivity index (χ3v) is 6.92. The van der Waals surface area contributed by atoms with Crippen molar-refractivity contribution in [3.8, 4) is 10.4 Å². The molecule has 1 fully saturated rings. The molecule has 0 radical (unpaired) electrons. The van der Waals surface area contributed by atoms with E-state index in [0.29, 0.717) is 16.1 Å². The SMILES string of the molecule is Cc1nc(C(=O)N2CC(F)(F)C[C@@H](C)C2CNc2ccc(C(F)(F)F)cn2)c(-c2ccccc2)s1. The van der Waals surface area contributed by atoms with Gasteiger partial charge in [0.2, 0.25) is 0 Å². The van der Waals surface area contributed by atoms with Crippen molar-refractivity contribution in [1.29, 1.82) is 0 Å². The van der Waals surface area contributed by atoms with Crippen molar-refractivity contribution in [1.82, 2.24) is 14.9 Å². The minimum atomic E-state index is -4.51. The number of halogens is 5. The van der Waals surface area contributed by atoms with Crippen molar-refractivity contribution in [3.05, 3.63) is 64.9 Å². The van der Waals surface area contributed by atoms with Gasteiger partial charge >= 0.3 is 6.18 Å². The maximum Gasteiger partial charge on any atom is 0.417 e. The second-order valence-corrected chi connectivity index (χ2v) is 9.83. The number of alkyl halides is 5. The summed E-state index contributed by atoms with van der Waals surface area (Å²) < 4.78 is 67.5. The fourth-order valence-electron chi connectivity index (χ4n) is 4.25. The fourth-order valence-corrected chi connectivity index (χ4v) is 5.16. The predicted octanol–water partition coefficient (Wildman–Crippen LogP) is 6.13. The van der Waals surface area contributed by atoms with Crippen LogP contribution in [0.4, 0.5) is 27.8 Å². The van der Waals surface area contributed by atoms with Crippen LogP contribution in [0.1, 0.15) is 34.4 Å². The zero-order valence-electron chi connectivity index (χ0n) is 18.9. The lowest BCUT2D eigenvalue weighted by molar-refractivity contribution is -0.137. The van der Waals surface area contributed by atoms with Crippen molar-refractivity contribution in [2.45, 2.75) is 38.4 Å². The van der Waals surface area contributed by atoms with E-state index in [4.69, 9.17) is 0 Å². The van der Waals surface area contributed by atoms with E-state index in [9.17, 15) is 26.7 Å². The first kappa shape index (κ1) is 25.0. The van der Waals surface area contributed by atoms with Gasteiger partial charge in [-0.05, 0) is 30.5 Å². The summed E-state index contributed by atoms with van der Waals surface area (Å²) in [6.07, 6.45) is -4.22. The van der Waals surface area contributed by atoms with Crippen molar-refractivity contribution in [2.24, 2.45) is 5.92 Å². The van der Waals surface area contributed by atoms with Gasteiger partial charge in [-0.3, -0.25) is 4.79 Å². The number of anilines is 1. The molecule has 0 spiro atoms. The van der Waals surface area contributed by atoms with Crippen LogP contribution in [0.25, 0.3) is 10.4 Å². The Kier molecular flexibility index (Phi) is 6.81. The van der Waals surface area contributed by atoms with Crippen LogP contribution in [-0.4, -0.2) is 45.8 Å². The number of rotatable bonds is 5. The van der Waals surface area contributed by atoms with E-state index in [1.807, 2.05) is 30.3 Å². The molecule has 0 bridgehead atoms. The summed E-state index contributed by atoms with van der Waals surface area (Å²) in [5, 5.41) is 3.54. The molecule has 3 aromatic rings. The molecule has 0 saturated carbocycles. The van der Waals surface area contributed by atoms with E-state index in [1.165, 1.54) is 17.4 Å². The van der Waals surface area contributed by atoms with Crippen molar-refractivity contribution >= 4 is 23.1 Å². The zero-order chi connectivity index (χ0) is 25.4. The molecule has 1 aromatic carbocycles. The summed E-state index contributed by atoms with van der Waals surface area (Å²) in [6, 6.07) is 10.5. The quantitative estimate of drug-likeness (QED) is 0.420. The largest absolute Gasteiger partial charge is 0.417 e.